The summed E-state index contributed by atoms with van der Waals surface area (Å²) in [6.45, 7) is 1.53. The van der Waals surface area contributed by atoms with E-state index < -0.39 is 12.6 Å². The predicted molar refractivity (Wildman–Crippen MR) is 79.9 cm³/mol. The summed E-state index contributed by atoms with van der Waals surface area (Å²) in [5.74, 6) is -0.664. The maximum Gasteiger partial charge on any atom is 0.359 e. The van der Waals surface area contributed by atoms with Gasteiger partial charge >= 0.3 is 5.97 Å². The number of rotatable bonds is 5. The topological polar surface area (TPSA) is 68.3 Å². The number of carbonyl (C=O) groups is 2. The second-order valence-electron chi connectivity index (χ2n) is 4.85. The molecule has 0 saturated heterocycles. The molecule has 1 saturated carbocycles. The molecule has 0 aromatic carbocycles. The summed E-state index contributed by atoms with van der Waals surface area (Å²) in [6.07, 6.45) is 3.43. The third-order valence-electron chi connectivity index (χ3n) is 3.16. The van der Waals surface area contributed by atoms with Crippen molar-refractivity contribution < 1.29 is 14.3 Å². The third kappa shape index (κ3) is 4.22. The first-order valence-corrected chi connectivity index (χ1v) is 7.49. The fourth-order valence-corrected chi connectivity index (χ4v) is 2.35. The molecule has 8 heteroatoms. The van der Waals surface area contributed by atoms with Crippen LogP contribution in [-0.4, -0.2) is 29.5 Å². The van der Waals surface area contributed by atoms with Crippen LogP contribution in [0, 0.1) is 5.92 Å². The second kappa shape index (κ2) is 6.81. The molecule has 1 heterocycles. The number of amides is 1. The Morgan fingerprint density at radius 1 is 1.38 bits per heavy atom. The van der Waals surface area contributed by atoms with Crippen LogP contribution in [0.4, 0.5) is 0 Å². The fourth-order valence-electron chi connectivity index (χ4n) is 1.79. The lowest BCUT2D eigenvalue weighted by Crippen LogP contribution is -2.37. The summed E-state index contributed by atoms with van der Waals surface area (Å²) < 4.78 is 4.87. The maximum atomic E-state index is 11.8. The van der Waals surface area contributed by atoms with Crippen LogP contribution >= 0.6 is 34.8 Å². The average molecular weight is 352 g/mol. The van der Waals surface area contributed by atoms with Gasteiger partial charge in [-0.2, -0.15) is 0 Å². The van der Waals surface area contributed by atoms with Crippen LogP contribution in [-0.2, 0) is 9.53 Å². The Hall–Kier alpha value is -1.04. The Kier molecular flexibility index (Phi) is 5.30. The van der Waals surface area contributed by atoms with Crippen molar-refractivity contribution in [2.45, 2.75) is 25.8 Å². The molecule has 0 spiro atoms. The first kappa shape index (κ1) is 16.3. The minimum atomic E-state index is -0.826. The number of hydrogen-bond donors (Lipinski definition) is 1. The van der Waals surface area contributed by atoms with E-state index in [-0.39, 0.29) is 32.7 Å². The molecular weight excluding hydrogens is 339 g/mol. The highest BCUT2D eigenvalue weighted by molar-refractivity contribution is 6.48. The van der Waals surface area contributed by atoms with E-state index in [1.54, 1.807) is 0 Å². The molecule has 1 aromatic rings. The zero-order valence-electron chi connectivity index (χ0n) is 11.2. The largest absolute Gasteiger partial charge is 0.451 e. The van der Waals surface area contributed by atoms with Gasteiger partial charge in [-0.05, 0) is 25.7 Å². The van der Waals surface area contributed by atoms with Gasteiger partial charge in [0.15, 0.2) is 12.3 Å². The standard InChI is InChI=1S/C13H13Cl3N2O3/c1-6(7-2-3-7)18-9(19)5-21-13(20)12-11(16)10(15)8(14)4-17-12/h4,6-7H,2-3,5H2,1H3,(H,18,19)/t6-/m0/s1. The molecule has 1 fully saturated rings. The lowest BCUT2D eigenvalue weighted by Gasteiger charge is -2.13. The minimum absolute atomic E-state index is 0.0205. The zero-order valence-corrected chi connectivity index (χ0v) is 13.4. The van der Waals surface area contributed by atoms with E-state index in [4.69, 9.17) is 39.5 Å². The summed E-state index contributed by atoms with van der Waals surface area (Å²) in [4.78, 5) is 27.2. The molecule has 5 nitrogen and oxygen atoms in total. The molecule has 2 rings (SSSR count). The number of esters is 1. The van der Waals surface area contributed by atoms with Gasteiger partial charge < -0.3 is 10.1 Å². The number of nitrogens with one attached hydrogen (secondary N) is 1. The Bertz CT molecular complexity index is 576. The highest BCUT2D eigenvalue weighted by atomic mass is 35.5. The van der Waals surface area contributed by atoms with Gasteiger partial charge in [-0.25, -0.2) is 9.78 Å². The number of hydrogen-bond acceptors (Lipinski definition) is 4. The van der Waals surface area contributed by atoms with Crippen LogP contribution in [0.5, 0.6) is 0 Å². The van der Waals surface area contributed by atoms with Gasteiger partial charge in [-0.1, -0.05) is 34.8 Å². The van der Waals surface area contributed by atoms with Crippen LogP contribution in [0.1, 0.15) is 30.3 Å². The number of halogens is 3. The molecule has 1 amide bonds. The van der Waals surface area contributed by atoms with E-state index in [0.29, 0.717) is 5.92 Å². The van der Waals surface area contributed by atoms with Gasteiger partial charge in [0.2, 0.25) is 0 Å². The first-order chi connectivity index (χ1) is 9.90. The van der Waals surface area contributed by atoms with Gasteiger partial charge in [0, 0.05) is 12.2 Å². The van der Waals surface area contributed by atoms with Crippen LogP contribution in [0.2, 0.25) is 15.1 Å². The molecule has 1 aromatic heterocycles. The number of pyridine rings is 1. The molecular formula is C13H13Cl3N2O3. The quantitative estimate of drug-likeness (QED) is 0.828. The summed E-state index contributed by atoms with van der Waals surface area (Å²) in [5, 5.41) is 2.82. The van der Waals surface area contributed by atoms with Gasteiger partial charge in [0.1, 0.15) is 0 Å². The smallest absolute Gasteiger partial charge is 0.359 e. The van der Waals surface area contributed by atoms with Crippen molar-refractivity contribution in [3.05, 3.63) is 27.0 Å². The summed E-state index contributed by atoms with van der Waals surface area (Å²) in [7, 11) is 0. The van der Waals surface area contributed by atoms with Crippen molar-refractivity contribution in [2.24, 2.45) is 5.92 Å². The number of ether oxygens (including phenoxy) is 1. The Morgan fingerprint density at radius 2 is 2.05 bits per heavy atom. The second-order valence-corrected chi connectivity index (χ2v) is 6.02. The monoisotopic (exact) mass is 350 g/mol. The number of carbonyl (C=O) groups excluding carboxylic acids is 2. The summed E-state index contributed by atoms with van der Waals surface area (Å²) >= 11 is 17.4. The molecule has 114 valence electrons. The van der Waals surface area contributed by atoms with Gasteiger partial charge in [0.25, 0.3) is 5.91 Å². The van der Waals surface area contributed by atoms with E-state index in [0.717, 1.165) is 12.8 Å². The minimum Gasteiger partial charge on any atom is -0.451 e. The van der Waals surface area contributed by atoms with Crippen molar-refractivity contribution in [3.8, 4) is 0 Å². The number of nitrogens with zero attached hydrogens (tertiary/aromatic N) is 1. The fraction of sp³-hybridized carbons (Fsp3) is 0.462. The lowest BCUT2D eigenvalue weighted by molar-refractivity contribution is -0.125. The molecule has 1 atom stereocenters. The molecule has 0 unspecified atom stereocenters. The third-order valence-corrected chi connectivity index (χ3v) is 4.40. The maximum absolute atomic E-state index is 11.8. The van der Waals surface area contributed by atoms with Gasteiger partial charge in [-0.3, -0.25) is 4.79 Å². The summed E-state index contributed by atoms with van der Waals surface area (Å²) in [5.41, 5.74) is -0.172. The lowest BCUT2D eigenvalue weighted by atomic mass is 10.2. The van der Waals surface area contributed by atoms with Crippen LogP contribution in [0.3, 0.4) is 0 Å². The van der Waals surface area contributed by atoms with Crippen molar-refractivity contribution >= 4 is 46.7 Å². The molecule has 0 radical (unpaired) electrons. The Labute approximate surface area is 136 Å². The normalized spacial score (nSPS) is 15.4. The summed E-state index contributed by atoms with van der Waals surface area (Å²) in [6, 6.07) is 0.0860. The van der Waals surface area contributed by atoms with E-state index in [1.165, 1.54) is 6.20 Å². The van der Waals surface area contributed by atoms with Gasteiger partial charge in [-0.15, -0.1) is 0 Å². The Balaban J connectivity index is 1.89. The Morgan fingerprint density at radius 3 is 2.67 bits per heavy atom. The highest BCUT2D eigenvalue weighted by Crippen LogP contribution is 2.32. The zero-order chi connectivity index (χ0) is 15.6. The van der Waals surface area contributed by atoms with Crippen molar-refractivity contribution in [2.75, 3.05) is 6.61 Å². The molecule has 1 aliphatic rings. The first-order valence-electron chi connectivity index (χ1n) is 6.36. The van der Waals surface area contributed by atoms with Crippen molar-refractivity contribution in [3.63, 3.8) is 0 Å². The van der Waals surface area contributed by atoms with Crippen LogP contribution < -0.4 is 5.32 Å². The van der Waals surface area contributed by atoms with Crippen molar-refractivity contribution in [1.29, 1.82) is 0 Å². The molecule has 0 aliphatic heterocycles. The van der Waals surface area contributed by atoms with E-state index in [1.807, 2.05) is 6.92 Å². The van der Waals surface area contributed by atoms with Gasteiger partial charge in [0.05, 0.1) is 15.1 Å². The SMILES string of the molecule is C[C@H](NC(=O)COC(=O)c1ncc(Cl)c(Cl)c1Cl)C1CC1. The van der Waals surface area contributed by atoms with E-state index >= 15 is 0 Å². The number of aromatic nitrogens is 1. The van der Waals surface area contributed by atoms with Crippen LogP contribution in [0.15, 0.2) is 6.20 Å². The van der Waals surface area contributed by atoms with Crippen LogP contribution in [0.25, 0.3) is 0 Å². The molecule has 21 heavy (non-hydrogen) atoms. The average Bonchev–Trinajstić information content (AvgIpc) is 3.27. The highest BCUT2D eigenvalue weighted by Gasteiger charge is 2.29. The molecule has 0 bridgehead atoms. The van der Waals surface area contributed by atoms with E-state index in [9.17, 15) is 9.59 Å². The molecule has 1 N–H and O–H groups in total. The van der Waals surface area contributed by atoms with E-state index in [2.05, 4.69) is 10.3 Å². The predicted octanol–water partition coefficient (Wildman–Crippen LogP) is 3.11. The molecule has 1 aliphatic carbocycles. The van der Waals surface area contributed by atoms with Crippen molar-refractivity contribution in [1.82, 2.24) is 10.3 Å².